The highest BCUT2D eigenvalue weighted by atomic mass is 35.5. The summed E-state index contributed by atoms with van der Waals surface area (Å²) in [6.07, 6.45) is 1.69. The number of aryl methyl sites for hydroxylation is 1. The number of benzene rings is 1. The van der Waals surface area contributed by atoms with E-state index < -0.39 is 0 Å². The maximum atomic E-state index is 6.28. The number of hydrogen-bond acceptors (Lipinski definition) is 5. The highest BCUT2D eigenvalue weighted by Gasteiger charge is 2.13. The van der Waals surface area contributed by atoms with E-state index in [1.807, 2.05) is 17.5 Å². The van der Waals surface area contributed by atoms with Crippen molar-refractivity contribution < 1.29 is 9.47 Å². The van der Waals surface area contributed by atoms with E-state index in [2.05, 4.69) is 11.9 Å². The molecule has 0 aliphatic heterocycles. The maximum Gasteiger partial charge on any atom is 0.180 e. The Hall–Kier alpha value is -1.30. The van der Waals surface area contributed by atoms with Gasteiger partial charge in [-0.25, -0.2) is 4.98 Å². The van der Waals surface area contributed by atoms with Crippen LogP contribution in [0.3, 0.4) is 0 Å². The van der Waals surface area contributed by atoms with Gasteiger partial charge in [0.15, 0.2) is 11.5 Å². The maximum absolute atomic E-state index is 6.28. The number of methoxy groups -OCH3 is 1. The van der Waals surface area contributed by atoms with E-state index in [-0.39, 0.29) is 0 Å². The van der Waals surface area contributed by atoms with Gasteiger partial charge in [-0.2, -0.15) is 0 Å². The molecule has 0 aliphatic carbocycles. The third-order valence-corrected chi connectivity index (χ3v) is 4.31. The summed E-state index contributed by atoms with van der Waals surface area (Å²) >= 11 is 7.92. The number of nitrogens with two attached hydrogens (primary N) is 1. The molecule has 0 aliphatic rings. The molecule has 2 N–H and O–H groups in total. The fraction of sp³-hybridized carbons (Fsp3) is 0.400. The first kappa shape index (κ1) is 16.1. The van der Waals surface area contributed by atoms with Crippen LogP contribution in [0.15, 0.2) is 17.5 Å². The van der Waals surface area contributed by atoms with Gasteiger partial charge < -0.3 is 15.2 Å². The van der Waals surface area contributed by atoms with Crippen molar-refractivity contribution in [2.75, 3.05) is 13.7 Å². The molecule has 6 heteroatoms. The predicted octanol–water partition coefficient (Wildman–Crippen LogP) is 3.45. The minimum Gasteiger partial charge on any atom is -0.493 e. The summed E-state index contributed by atoms with van der Waals surface area (Å²) in [5.74, 6) is 1.17. The Kier molecular flexibility index (Phi) is 5.85. The molecule has 1 heterocycles. The molecule has 21 heavy (non-hydrogen) atoms. The Bertz CT molecular complexity index is 601. The van der Waals surface area contributed by atoms with E-state index in [0.29, 0.717) is 29.7 Å². The molecule has 2 aromatic rings. The van der Waals surface area contributed by atoms with Crippen LogP contribution in [0.1, 0.15) is 23.2 Å². The van der Waals surface area contributed by atoms with Crippen LogP contribution in [0.5, 0.6) is 11.5 Å². The van der Waals surface area contributed by atoms with Crippen molar-refractivity contribution in [1.82, 2.24) is 4.98 Å². The summed E-state index contributed by atoms with van der Waals surface area (Å²) < 4.78 is 11.2. The Labute approximate surface area is 133 Å². The molecule has 1 aromatic carbocycles. The van der Waals surface area contributed by atoms with Gasteiger partial charge in [-0.3, -0.25) is 0 Å². The van der Waals surface area contributed by atoms with Crippen LogP contribution in [0.25, 0.3) is 0 Å². The lowest BCUT2D eigenvalue weighted by Gasteiger charge is -2.13. The molecule has 4 nitrogen and oxygen atoms in total. The van der Waals surface area contributed by atoms with Crippen LogP contribution in [0, 0.1) is 0 Å². The third kappa shape index (κ3) is 4.09. The van der Waals surface area contributed by atoms with Crippen molar-refractivity contribution in [3.05, 3.63) is 38.8 Å². The van der Waals surface area contributed by atoms with E-state index in [9.17, 15) is 0 Å². The van der Waals surface area contributed by atoms with E-state index in [1.165, 1.54) is 0 Å². The second-order valence-electron chi connectivity index (χ2n) is 4.52. The first-order chi connectivity index (χ1) is 10.2. The van der Waals surface area contributed by atoms with Crippen molar-refractivity contribution in [1.29, 1.82) is 0 Å². The minimum absolute atomic E-state index is 0.378. The number of aromatic nitrogens is 1. The third-order valence-electron chi connectivity index (χ3n) is 2.99. The number of hydrogen-bond donors (Lipinski definition) is 1. The topological polar surface area (TPSA) is 57.4 Å². The fourth-order valence-electron chi connectivity index (χ4n) is 1.95. The minimum atomic E-state index is 0.378. The van der Waals surface area contributed by atoms with Crippen molar-refractivity contribution in [2.24, 2.45) is 5.73 Å². The lowest BCUT2D eigenvalue weighted by molar-refractivity contribution is 0.281. The summed E-state index contributed by atoms with van der Waals surface area (Å²) in [5.41, 5.74) is 7.51. The molecule has 2 rings (SSSR count). The Morgan fingerprint density at radius 2 is 2.19 bits per heavy atom. The van der Waals surface area contributed by atoms with E-state index in [4.69, 9.17) is 26.8 Å². The Morgan fingerprint density at radius 3 is 2.81 bits per heavy atom. The standard InChI is InChI=1S/C15H19ClN2O2S/c1-3-14-18-11(9-21-14)8-20-15-12(16)6-10(4-5-17)7-13(15)19-2/h6-7,9H,3-5,8,17H2,1-2H3. The number of rotatable bonds is 7. The SMILES string of the molecule is CCc1nc(COc2c(Cl)cc(CCN)cc2OC)cs1. The zero-order valence-electron chi connectivity index (χ0n) is 12.2. The van der Waals surface area contributed by atoms with Crippen LogP contribution in [-0.4, -0.2) is 18.6 Å². The smallest absolute Gasteiger partial charge is 0.180 e. The van der Waals surface area contributed by atoms with Gasteiger partial charge in [-0.05, 0) is 37.1 Å². The first-order valence-corrected chi connectivity index (χ1v) is 8.06. The number of ether oxygens (including phenoxy) is 2. The van der Waals surface area contributed by atoms with Gasteiger partial charge in [0.05, 0.1) is 22.8 Å². The highest BCUT2D eigenvalue weighted by molar-refractivity contribution is 7.09. The van der Waals surface area contributed by atoms with Crippen LogP contribution in [0.4, 0.5) is 0 Å². The lowest BCUT2D eigenvalue weighted by atomic mass is 10.1. The van der Waals surface area contributed by atoms with Crippen molar-refractivity contribution in [2.45, 2.75) is 26.4 Å². The summed E-state index contributed by atoms with van der Waals surface area (Å²) in [7, 11) is 1.60. The first-order valence-electron chi connectivity index (χ1n) is 6.80. The lowest BCUT2D eigenvalue weighted by Crippen LogP contribution is -2.04. The van der Waals surface area contributed by atoms with Gasteiger partial charge in [0, 0.05) is 5.38 Å². The molecule has 0 radical (unpaired) electrons. The molecule has 0 bridgehead atoms. The largest absolute Gasteiger partial charge is 0.493 e. The molecule has 0 saturated heterocycles. The summed E-state index contributed by atoms with van der Waals surface area (Å²) in [6.45, 7) is 3.03. The van der Waals surface area contributed by atoms with Gasteiger partial charge in [0.1, 0.15) is 6.61 Å². The molecular weight excluding hydrogens is 308 g/mol. The Morgan fingerprint density at radius 1 is 1.38 bits per heavy atom. The Balaban J connectivity index is 2.14. The van der Waals surface area contributed by atoms with E-state index in [0.717, 1.165) is 29.1 Å². The summed E-state index contributed by atoms with van der Waals surface area (Å²) in [6, 6.07) is 3.78. The average Bonchev–Trinajstić information content (AvgIpc) is 2.94. The van der Waals surface area contributed by atoms with E-state index in [1.54, 1.807) is 18.4 Å². The molecule has 114 valence electrons. The van der Waals surface area contributed by atoms with Crippen molar-refractivity contribution in [3.63, 3.8) is 0 Å². The molecule has 0 amide bonds. The number of halogens is 1. The van der Waals surface area contributed by atoms with Gasteiger partial charge in [-0.1, -0.05) is 18.5 Å². The quantitative estimate of drug-likeness (QED) is 0.846. The monoisotopic (exact) mass is 326 g/mol. The second kappa shape index (κ2) is 7.64. The van der Waals surface area contributed by atoms with Crippen molar-refractivity contribution >= 4 is 22.9 Å². The fourth-order valence-corrected chi connectivity index (χ4v) is 2.97. The number of thiazole rings is 1. The van der Waals surface area contributed by atoms with Gasteiger partial charge in [0.25, 0.3) is 0 Å². The van der Waals surface area contributed by atoms with Crippen LogP contribution >= 0.6 is 22.9 Å². The molecule has 0 fully saturated rings. The van der Waals surface area contributed by atoms with Crippen molar-refractivity contribution in [3.8, 4) is 11.5 Å². The van der Waals surface area contributed by atoms with E-state index >= 15 is 0 Å². The molecule has 0 saturated carbocycles. The zero-order chi connectivity index (χ0) is 15.2. The normalized spacial score (nSPS) is 10.7. The molecule has 0 atom stereocenters. The highest BCUT2D eigenvalue weighted by Crippen LogP contribution is 2.37. The van der Waals surface area contributed by atoms with Crippen LogP contribution < -0.4 is 15.2 Å². The molecule has 1 aromatic heterocycles. The predicted molar refractivity (Wildman–Crippen MR) is 86.6 cm³/mol. The second-order valence-corrected chi connectivity index (χ2v) is 5.87. The number of nitrogens with zero attached hydrogens (tertiary/aromatic N) is 1. The van der Waals surface area contributed by atoms with Crippen LogP contribution in [-0.2, 0) is 19.4 Å². The van der Waals surface area contributed by atoms with Crippen LogP contribution in [0.2, 0.25) is 5.02 Å². The zero-order valence-corrected chi connectivity index (χ0v) is 13.8. The summed E-state index contributed by atoms with van der Waals surface area (Å²) in [5, 5.41) is 3.64. The van der Waals surface area contributed by atoms with Gasteiger partial charge in [-0.15, -0.1) is 11.3 Å². The average molecular weight is 327 g/mol. The molecule has 0 spiro atoms. The van der Waals surface area contributed by atoms with Gasteiger partial charge >= 0.3 is 0 Å². The van der Waals surface area contributed by atoms with Gasteiger partial charge in [0.2, 0.25) is 0 Å². The molecular formula is C15H19ClN2O2S. The summed E-state index contributed by atoms with van der Waals surface area (Å²) in [4.78, 5) is 4.47. The molecule has 0 unspecified atom stereocenters.